The third-order valence-corrected chi connectivity index (χ3v) is 3.98. The van der Waals surface area contributed by atoms with Crippen molar-refractivity contribution in [2.75, 3.05) is 18.1 Å². The minimum Gasteiger partial charge on any atom is -0.508 e. The second-order valence-corrected chi connectivity index (χ2v) is 5.47. The first-order valence-corrected chi connectivity index (χ1v) is 7.07. The summed E-state index contributed by atoms with van der Waals surface area (Å²) < 4.78 is 0. The van der Waals surface area contributed by atoms with E-state index in [-0.39, 0.29) is 0 Å². The molecule has 0 aromatic heterocycles. The van der Waals surface area contributed by atoms with E-state index in [9.17, 15) is 5.11 Å². The van der Waals surface area contributed by atoms with Gasteiger partial charge in [-0.3, -0.25) is 0 Å². The Morgan fingerprint density at radius 1 is 1.31 bits per heavy atom. The van der Waals surface area contributed by atoms with Crippen molar-refractivity contribution in [3.63, 3.8) is 0 Å². The van der Waals surface area contributed by atoms with Crippen LogP contribution in [0.2, 0.25) is 0 Å². The molecule has 1 aliphatic rings. The molecule has 1 aromatic carbocycles. The third kappa shape index (κ3) is 4.06. The van der Waals surface area contributed by atoms with E-state index < -0.39 is 0 Å². The molecule has 0 amide bonds. The summed E-state index contributed by atoms with van der Waals surface area (Å²) in [6, 6.07) is 7.50. The molecule has 0 radical (unpaired) electrons. The second kappa shape index (κ2) is 6.16. The third-order valence-electron chi connectivity index (χ3n) is 2.78. The van der Waals surface area contributed by atoms with Crippen LogP contribution in [0.3, 0.4) is 0 Å². The molecule has 3 heteroatoms. The van der Waals surface area contributed by atoms with Gasteiger partial charge in [0.1, 0.15) is 5.75 Å². The second-order valence-electron chi connectivity index (χ2n) is 4.32. The molecule has 2 N–H and O–H groups in total. The SMILES string of the molecule is Oc1ccccc1CNCCSCC1CC1. The van der Waals surface area contributed by atoms with Gasteiger partial charge in [-0.1, -0.05) is 18.2 Å². The lowest BCUT2D eigenvalue weighted by Gasteiger charge is -2.06. The van der Waals surface area contributed by atoms with E-state index >= 15 is 0 Å². The Balaban J connectivity index is 1.55. The van der Waals surface area contributed by atoms with Crippen LogP contribution in [0.5, 0.6) is 5.75 Å². The first-order chi connectivity index (χ1) is 7.86. The topological polar surface area (TPSA) is 32.3 Å². The van der Waals surface area contributed by atoms with Gasteiger partial charge in [0.15, 0.2) is 0 Å². The van der Waals surface area contributed by atoms with Crippen LogP contribution in [-0.4, -0.2) is 23.2 Å². The molecule has 1 aromatic rings. The van der Waals surface area contributed by atoms with Crippen LogP contribution in [0.25, 0.3) is 0 Å². The Hall–Kier alpha value is -0.670. The fraction of sp³-hybridized carbons (Fsp3) is 0.538. The Labute approximate surface area is 101 Å². The zero-order chi connectivity index (χ0) is 11.2. The zero-order valence-electron chi connectivity index (χ0n) is 9.48. The summed E-state index contributed by atoms with van der Waals surface area (Å²) in [5.41, 5.74) is 0.981. The highest BCUT2D eigenvalue weighted by Crippen LogP contribution is 2.32. The van der Waals surface area contributed by atoms with Gasteiger partial charge in [0.2, 0.25) is 0 Å². The predicted molar refractivity (Wildman–Crippen MR) is 69.9 cm³/mol. The van der Waals surface area contributed by atoms with Crippen LogP contribution in [0.1, 0.15) is 18.4 Å². The molecular weight excluding hydrogens is 218 g/mol. The fourth-order valence-electron chi connectivity index (χ4n) is 1.56. The lowest BCUT2D eigenvalue weighted by molar-refractivity contribution is 0.465. The van der Waals surface area contributed by atoms with Gasteiger partial charge in [-0.15, -0.1) is 0 Å². The molecule has 1 fully saturated rings. The molecule has 2 rings (SSSR count). The highest BCUT2D eigenvalue weighted by atomic mass is 32.2. The normalized spacial score (nSPS) is 15.2. The molecule has 0 atom stereocenters. The minimum atomic E-state index is 0.389. The molecule has 1 aliphatic carbocycles. The van der Waals surface area contributed by atoms with Crippen molar-refractivity contribution in [2.45, 2.75) is 19.4 Å². The van der Waals surface area contributed by atoms with Gasteiger partial charge >= 0.3 is 0 Å². The van der Waals surface area contributed by atoms with Crippen molar-refractivity contribution in [3.05, 3.63) is 29.8 Å². The highest BCUT2D eigenvalue weighted by Gasteiger charge is 2.20. The number of para-hydroxylation sites is 1. The fourth-order valence-corrected chi connectivity index (χ4v) is 2.68. The number of nitrogens with one attached hydrogen (secondary N) is 1. The first kappa shape index (κ1) is 11.8. The molecule has 0 saturated heterocycles. The number of thioether (sulfide) groups is 1. The summed E-state index contributed by atoms with van der Waals surface area (Å²) in [6.07, 6.45) is 2.89. The van der Waals surface area contributed by atoms with Crippen molar-refractivity contribution in [1.29, 1.82) is 0 Å². The van der Waals surface area contributed by atoms with Crippen molar-refractivity contribution < 1.29 is 5.11 Å². The summed E-state index contributed by atoms with van der Waals surface area (Å²) in [7, 11) is 0. The molecule has 0 unspecified atom stereocenters. The maximum absolute atomic E-state index is 9.55. The van der Waals surface area contributed by atoms with Crippen LogP contribution in [0.4, 0.5) is 0 Å². The van der Waals surface area contributed by atoms with Crippen LogP contribution < -0.4 is 5.32 Å². The standard InChI is InChI=1S/C13H19NOS/c15-13-4-2-1-3-12(13)9-14-7-8-16-10-11-5-6-11/h1-4,11,14-15H,5-10H2. The van der Waals surface area contributed by atoms with E-state index in [0.717, 1.165) is 24.6 Å². The molecule has 88 valence electrons. The number of phenolic OH excluding ortho intramolecular Hbond substituents is 1. The van der Waals surface area contributed by atoms with Gasteiger partial charge in [0.25, 0.3) is 0 Å². The molecule has 2 nitrogen and oxygen atoms in total. The predicted octanol–water partition coefficient (Wildman–Crippen LogP) is 2.63. The Morgan fingerprint density at radius 2 is 2.12 bits per heavy atom. The molecule has 16 heavy (non-hydrogen) atoms. The molecule has 0 bridgehead atoms. The Morgan fingerprint density at radius 3 is 2.88 bits per heavy atom. The Kier molecular flexibility index (Phi) is 4.55. The summed E-state index contributed by atoms with van der Waals surface area (Å²) in [4.78, 5) is 0. The smallest absolute Gasteiger partial charge is 0.120 e. The number of phenols is 1. The average Bonchev–Trinajstić information content (AvgIpc) is 3.09. The number of aromatic hydroxyl groups is 1. The monoisotopic (exact) mass is 237 g/mol. The lowest BCUT2D eigenvalue weighted by atomic mass is 10.2. The maximum Gasteiger partial charge on any atom is 0.120 e. The van der Waals surface area contributed by atoms with E-state index in [4.69, 9.17) is 0 Å². The van der Waals surface area contributed by atoms with E-state index in [1.54, 1.807) is 6.07 Å². The van der Waals surface area contributed by atoms with Gasteiger partial charge in [-0.2, -0.15) is 11.8 Å². The summed E-state index contributed by atoms with van der Waals surface area (Å²) in [5, 5.41) is 12.9. The number of hydrogen-bond acceptors (Lipinski definition) is 3. The van der Waals surface area contributed by atoms with E-state index in [1.807, 2.05) is 30.0 Å². The van der Waals surface area contributed by atoms with Gasteiger partial charge in [-0.25, -0.2) is 0 Å². The van der Waals surface area contributed by atoms with Crippen LogP contribution >= 0.6 is 11.8 Å². The highest BCUT2D eigenvalue weighted by molar-refractivity contribution is 7.99. The zero-order valence-corrected chi connectivity index (χ0v) is 10.3. The average molecular weight is 237 g/mol. The quantitative estimate of drug-likeness (QED) is 0.715. The molecule has 1 saturated carbocycles. The summed E-state index contributed by atoms with van der Waals surface area (Å²) in [5.74, 6) is 3.91. The van der Waals surface area contributed by atoms with E-state index in [0.29, 0.717) is 5.75 Å². The molecule has 0 spiro atoms. The number of hydrogen-bond donors (Lipinski definition) is 2. The molecular formula is C13H19NOS. The van der Waals surface area contributed by atoms with Crippen molar-refractivity contribution in [2.24, 2.45) is 5.92 Å². The first-order valence-electron chi connectivity index (χ1n) is 5.91. The van der Waals surface area contributed by atoms with Crippen LogP contribution in [0.15, 0.2) is 24.3 Å². The van der Waals surface area contributed by atoms with Crippen molar-refractivity contribution in [1.82, 2.24) is 5.32 Å². The maximum atomic E-state index is 9.55. The summed E-state index contributed by atoms with van der Waals surface area (Å²) in [6.45, 7) is 1.78. The van der Waals surface area contributed by atoms with Crippen LogP contribution in [-0.2, 0) is 6.54 Å². The molecule has 0 heterocycles. The summed E-state index contributed by atoms with van der Waals surface area (Å²) >= 11 is 2.04. The van der Waals surface area contributed by atoms with Crippen molar-refractivity contribution in [3.8, 4) is 5.75 Å². The largest absolute Gasteiger partial charge is 0.508 e. The molecule has 0 aliphatic heterocycles. The lowest BCUT2D eigenvalue weighted by Crippen LogP contribution is -2.16. The van der Waals surface area contributed by atoms with Gasteiger partial charge < -0.3 is 10.4 Å². The van der Waals surface area contributed by atoms with Gasteiger partial charge in [0, 0.05) is 24.4 Å². The van der Waals surface area contributed by atoms with E-state index in [1.165, 1.54) is 24.3 Å². The minimum absolute atomic E-state index is 0.389. The Bertz CT molecular complexity index is 325. The van der Waals surface area contributed by atoms with Crippen LogP contribution in [0, 0.1) is 5.92 Å². The van der Waals surface area contributed by atoms with Gasteiger partial charge in [-0.05, 0) is 30.6 Å². The van der Waals surface area contributed by atoms with E-state index in [2.05, 4.69) is 5.32 Å². The van der Waals surface area contributed by atoms with Crippen molar-refractivity contribution >= 4 is 11.8 Å². The van der Waals surface area contributed by atoms with Gasteiger partial charge in [0.05, 0.1) is 0 Å². The number of benzene rings is 1. The number of rotatable bonds is 7.